The van der Waals surface area contributed by atoms with Crippen molar-refractivity contribution in [3.8, 4) is 11.5 Å². The lowest BCUT2D eigenvalue weighted by atomic mass is 10.0. The summed E-state index contributed by atoms with van der Waals surface area (Å²) in [7, 11) is 1.31. The van der Waals surface area contributed by atoms with Crippen molar-refractivity contribution in [3.63, 3.8) is 0 Å². The molecule has 0 saturated heterocycles. The number of methoxy groups -OCH3 is 1. The second-order valence-electron chi connectivity index (χ2n) is 9.18. The van der Waals surface area contributed by atoms with Crippen LogP contribution in [0.25, 0.3) is 0 Å². The average Bonchev–Trinajstić information content (AvgIpc) is 3.00. The van der Waals surface area contributed by atoms with Gasteiger partial charge in [0.15, 0.2) is 0 Å². The van der Waals surface area contributed by atoms with E-state index in [1.165, 1.54) is 7.11 Å². The number of esters is 1. The fourth-order valence-electron chi connectivity index (χ4n) is 4.16. The molecule has 7 nitrogen and oxygen atoms in total. The van der Waals surface area contributed by atoms with Crippen molar-refractivity contribution in [3.05, 3.63) is 120 Å². The van der Waals surface area contributed by atoms with Crippen LogP contribution in [0.3, 0.4) is 0 Å². The van der Waals surface area contributed by atoms with Gasteiger partial charge < -0.3 is 24.8 Å². The summed E-state index contributed by atoms with van der Waals surface area (Å²) in [4.78, 5) is 25.4. The molecule has 206 valence electrons. The lowest BCUT2D eigenvalue weighted by Crippen LogP contribution is -2.20. The zero-order valence-electron chi connectivity index (χ0n) is 22.8. The molecule has 0 spiro atoms. The third-order valence-corrected chi connectivity index (χ3v) is 6.22. The van der Waals surface area contributed by atoms with Gasteiger partial charge in [-0.15, -0.1) is 0 Å². The molecule has 40 heavy (non-hydrogen) atoms. The van der Waals surface area contributed by atoms with Gasteiger partial charge in [-0.2, -0.15) is 0 Å². The molecular formula is C33H34N2O5. The predicted molar refractivity (Wildman–Crippen MR) is 157 cm³/mol. The zero-order valence-corrected chi connectivity index (χ0v) is 22.8. The molecule has 0 aromatic heterocycles. The fourth-order valence-corrected chi connectivity index (χ4v) is 4.16. The minimum Gasteiger partial charge on any atom is -0.494 e. The highest BCUT2D eigenvalue weighted by Crippen LogP contribution is 2.32. The molecule has 0 saturated carbocycles. The van der Waals surface area contributed by atoms with E-state index in [1.54, 1.807) is 30.3 Å². The molecule has 0 fully saturated rings. The zero-order chi connectivity index (χ0) is 28.2. The third-order valence-electron chi connectivity index (χ3n) is 6.22. The van der Waals surface area contributed by atoms with Gasteiger partial charge in [0.2, 0.25) is 0 Å². The number of nitrogens with one attached hydrogen (secondary N) is 2. The molecule has 0 bridgehead atoms. The maximum absolute atomic E-state index is 12.7. The van der Waals surface area contributed by atoms with E-state index in [-0.39, 0.29) is 5.56 Å². The molecular weight excluding hydrogens is 504 g/mol. The molecule has 0 aliphatic carbocycles. The Labute approximate surface area is 235 Å². The monoisotopic (exact) mass is 538 g/mol. The summed E-state index contributed by atoms with van der Waals surface area (Å²) in [5.74, 6) is 0.517. The predicted octanol–water partition coefficient (Wildman–Crippen LogP) is 7.85. The van der Waals surface area contributed by atoms with Crippen LogP contribution in [0.15, 0.2) is 103 Å². The van der Waals surface area contributed by atoms with E-state index in [2.05, 4.69) is 17.6 Å². The normalized spacial score (nSPS) is 10.6. The van der Waals surface area contributed by atoms with Crippen molar-refractivity contribution in [1.82, 2.24) is 0 Å². The molecule has 2 N–H and O–H groups in total. The Morgan fingerprint density at radius 1 is 0.750 bits per heavy atom. The van der Waals surface area contributed by atoms with Gasteiger partial charge in [-0.3, -0.25) is 0 Å². The van der Waals surface area contributed by atoms with Crippen molar-refractivity contribution in [2.75, 3.05) is 24.4 Å². The number of anilines is 2. The van der Waals surface area contributed by atoms with Crippen LogP contribution in [0, 0.1) is 0 Å². The summed E-state index contributed by atoms with van der Waals surface area (Å²) in [6, 6.07) is 31.2. The average molecular weight is 539 g/mol. The number of carbonyl (C=O) groups excluding carboxylic acids is 2. The first-order valence-electron chi connectivity index (χ1n) is 13.4. The van der Waals surface area contributed by atoms with Crippen LogP contribution >= 0.6 is 0 Å². The number of unbranched alkanes of at least 4 members (excludes halogenated alkanes) is 2. The van der Waals surface area contributed by atoms with Gasteiger partial charge in [0.1, 0.15) is 23.2 Å². The van der Waals surface area contributed by atoms with Gasteiger partial charge in [0, 0.05) is 11.4 Å². The van der Waals surface area contributed by atoms with E-state index in [1.807, 2.05) is 72.8 Å². The number of hydrogen-bond donors (Lipinski definition) is 2. The van der Waals surface area contributed by atoms with Crippen molar-refractivity contribution >= 4 is 23.4 Å². The first-order valence-corrected chi connectivity index (χ1v) is 13.4. The molecule has 0 atom stereocenters. The number of rotatable bonds is 12. The molecule has 0 radical (unpaired) electrons. The van der Waals surface area contributed by atoms with Gasteiger partial charge in [-0.1, -0.05) is 80.4 Å². The number of hydrogen-bond acceptors (Lipinski definition) is 5. The molecule has 0 aliphatic rings. The van der Waals surface area contributed by atoms with Crippen LogP contribution in [0.1, 0.15) is 53.8 Å². The van der Waals surface area contributed by atoms with Gasteiger partial charge >= 0.3 is 12.0 Å². The van der Waals surface area contributed by atoms with Gasteiger partial charge in [-0.05, 0) is 60.0 Å². The van der Waals surface area contributed by atoms with Crippen LogP contribution in [-0.2, 0) is 4.74 Å². The molecule has 4 rings (SSSR count). The molecule has 0 aliphatic heterocycles. The Balaban J connectivity index is 1.47. The van der Waals surface area contributed by atoms with Crippen LogP contribution in [0.2, 0.25) is 0 Å². The van der Waals surface area contributed by atoms with E-state index >= 15 is 0 Å². The summed E-state index contributed by atoms with van der Waals surface area (Å²) >= 11 is 0. The molecule has 7 heteroatoms. The van der Waals surface area contributed by atoms with Crippen molar-refractivity contribution in [1.29, 1.82) is 0 Å². The Morgan fingerprint density at radius 2 is 1.35 bits per heavy atom. The van der Waals surface area contributed by atoms with Crippen LogP contribution < -0.4 is 20.1 Å². The molecule has 4 aromatic rings. The van der Waals surface area contributed by atoms with E-state index in [0.29, 0.717) is 23.7 Å². The quantitative estimate of drug-likeness (QED) is 0.142. The van der Waals surface area contributed by atoms with Crippen molar-refractivity contribution < 1.29 is 23.8 Å². The summed E-state index contributed by atoms with van der Waals surface area (Å²) in [6.07, 6.45) is 2.83. The standard InChI is InChI=1S/C33H34N2O5/c1-3-4-11-22-39-28-19-16-26(17-20-28)34-33(37)35-27-18-21-30(29(23-27)32(36)38-2)40-31(24-12-7-5-8-13-24)25-14-9-6-10-15-25/h5-10,12-21,23,31H,3-4,11,22H2,1-2H3,(H2,34,35,37). The highest BCUT2D eigenvalue weighted by atomic mass is 16.5. The minimum atomic E-state index is -0.576. The second-order valence-corrected chi connectivity index (χ2v) is 9.18. The van der Waals surface area contributed by atoms with E-state index in [4.69, 9.17) is 14.2 Å². The number of urea groups is 1. The van der Waals surface area contributed by atoms with Crippen LogP contribution in [0.5, 0.6) is 11.5 Å². The topological polar surface area (TPSA) is 85.9 Å². The van der Waals surface area contributed by atoms with E-state index < -0.39 is 18.1 Å². The lowest BCUT2D eigenvalue weighted by molar-refractivity contribution is 0.0594. The second kappa shape index (κ2) is 14.4. The summed E-state index contributed by atoms with van der Waals surface area (Å²) < 4.78 is 17.1. The lowest BCUT2D eigenvalue weighted by Gasteiger charge is -2.22. The third kappa shape index (κ3) is 7.86. The van der Waals surface area contributed by atoms with Gasteiger partial charge in [-0.25, -0.2) is 9.59 Å². The largest absolute Gasteiger partial charge is 0.494 e. The van der Waals surface area contributed by atoms with E-state index in [9.17, 15) is 9.59 Å². The van der Waals surface area contributed by atoms with E-state index in [0.717, 1.165) is 36.1 Å². The summed E-state index contributed by atoms with van der Waals surface area (Å²) in [5, 5.41) is 5.57. The summed E-state index contributed by atoms with van der Waals surface area (Å²) in [5.41, 5.74) is 3.09. The number of ether oxygens (including phenoxy) is 3. The maximum atomic E-state index is 12.7. The first kappa shape index (κ1) is 28.2. The Kier molecular flexibility index (Phi) is 10.2. The van der Waals surface area contributed by atoms with Gasteiger partial charge in [0.25, 0.3) is 0 Å². The SMILES string of the molecule is CCCCCOc1ccc(NC(=O)Nc2ccc(OC(c3ccccc3)c3ccccc3)c(C(=O)OC)c2)cc1. The van der Waals surface area contributed by atoms with Crippen LogP contribution in [0.4, 0.5) is 16.2 Å². The van der Waals surface area contributed by atoms with Crippen molar-refractivity contribution in [2.45, 2.75) is 32.3 Å². The Morgan fingerprint density at radius 3 is 1.95 bits per heavy atom. The van der Waals surface area contributed by atoms with Crippen LogP contribution in [-0.4, -0.2) is 25.7 Å². The minimum absolute atomic E-state index is 0.196. The Hall–Kier alpha value is -4.78. The Bertz CT molecular complexity index is 1340. The first-order chi connectivity index (χ1) is 19.6. The molecule has 4 aromatic carbocycles. The van der Waals surface area contributed by atoms with Gasteiger partial charge in [0.05, 0.1) is 13.7 Å². The number of carbonyl (C=O) groups is 2. The number of amides is 2. The fraction of sp³-hybridized carbons (Fsp3) is 0.212. The molecule has 0 heterocycles. The molecule has 2 amide bonds. The highest BCUT2D eigenvalue weighted by Gasteiger charge is 2.21. The highest BCUT2D eigenvalue weighted by molar-refractivity contribution is 6.01. The number of benzene rings is 4. The smallest absolute Gasteiger partial charge is 0.341 e. The van der Waals surface area contributed by atoms with Crippen molar-refractivity contribution in [2.24, 2.45) is 0 Å². The summed E-state index contributed by atoms with van der Waals surface area (Å²) in [6.45, 7) is 2.82. The maximum Gasteiger partial charge on any atom is 0.341 e. The molecule has 0 unspecified atom stereocenters.